The van der Waals surface area contributed by atoms with Gasteiger partial charge < -0.3 is 0 Å². The molecule has 0 bridgehead atoms. The van der Waals surface area contributed by atoms with Gasteiger partial charge in [-0.05, 0) is 22.9 Å². The number of hydrogen-bond donors (Lipinski definition) is 1. The molecule has 0 atom stereocenters. The molecule has 1 N–H and O–H groups in total. The fourth-order valence-corrected chi connectivity index (χ4v) is 2.93. The summed E-state index contributed by atoms with van der Waals surface area (Å²) in [5.41, 5.74) is 1.76. The number of nitrogens with zero attached hydrogens (tertiary/aromatic N) is 5. The second-order valence-corrected chi connectivity index (χ2v) is 6.30. The molecule has 2 heterocycles. The summed E-state index contributed by atoms with van der Waals surface area (Å²) in [6, 6.07) is 6.68. The van der Waals surface area contributed by atoms with E-state index in [0.29, 0.717) is 11.1 Å². The van der Waals surface area contributed by atoms with Crippen LogP contribution in [-0.2, 0) is 9.84 Å². The molecule has 0 aliphatic rings. The van der Waals surface area contributed by atoms with E-state index in [1.165, 1.54) is 12.3 Å². The summed E-state index contributed by atoms with van der Waals surface area (Å²) < 4.78 is 24.0. The molecule has 8 nitrogen and oxygen atoms in total. The Bertz CT molecular complexity index is 862. The smallest absolute Gasteiger partial charge is 0.206 e. The summed E-state index contributed by atoms with van der Waals surface area (Å²) >= 11 is 0. The summed E-state index contributed by atoms with van der Waals surface area (Å²) in [5.74, 6) is 0.211. The Morgan fingerprint density at radius 2 is 2.00 bits per heavy atom. The Morgan fingerprint density at radius 3 is 2.62 bits per heavy atom. The lowest BCUT2D eigenvalue weighted by molar-refractivity contribution is 0.602. The summed E-state index contributed by atoms with van der Waals surface area (Å²) in [6.07, 6.45) is 4.22. The van der Waals surface area contributed by atoms with Crippen LogP contribution in [0.25, 0.3) is 22.5 Å². The molecule has 9 heteroatoms. The maximum Gasteiger partial charge on any atom is 0.206 e. The molecule has 0 spiro atoms. The Balaban J connectivity index is 2.36. The van der Waals surface area contributed by atoms with Gasteiger partial charge in [-0.1, -0.05) is 12.1 Å². The number of nitrogens with one attached hydrogen (secondary N) is 1. The summed E-state index contributed by atoms with van der Waals surface area (Å²) in [6.45, 7) is 0. The van der Waals surface area contributed by atoms with E-state index < -0.39 is 9.84 Å². The normalized spacial score (nSPS) is 11.5. The maximum atomic E-state index is 12.0. The zero-order valence-corrected chi connectivity index (χ0v) is 11.7. The van der Waals surface area contributed by atoms with E-state index in [1.54, 1.807) is 24.4 Å². The van der Waals surface area contributed by atoms with Crippen LogP contribution < -0.4 is 0 Å². The Morgan fingerprint density at radius 1 is 1.14 bits per heavy atom. The molecule has 3 rings (SSSR count). The molecule has 0 saturated carbocycles. The van der Waals surface area contributed by atoms with Crippen LogP contribution in [0.15, 0.2) is 41.6 Å². The van der Waals surface area contributed by atoms with Crippen molar-refractivity contribution in [3.63, 3.8) is 0 Å². The molecular formula is C12H10N6O2S. The first kappa shape index (κ1) is 13.3. The van der Waals surface area contributed by atoms with Gasteiger partial charge in [0.25, 0.3) is 0 Å². The van der Waals surface area contributed by atoms with Crippen molar-refractivity contribution in [3.05, 3.63) is 36.7 Å². The van der Waals surface area contributed by atoms with Gasteiger partial charge in [-0.15, -0.1) is 10.2 Å². The molecule has 0 unspecified atom stereocenters. The molecule has 106 valence electrons. The average Bonchev–Trinajstić information content (AvgIpc) is 3.00. The Labute approximate surface area is 120 Å². The molecule has 3 aromatic rings. The Kier molecular flexibility index (Phi) is 3.18. The highest BCUT2D eigenvalue weighted by Crippen LogP contribution is 2.34. The monoisotopic (exact) mass is 302 g/mol. The number of tetrazole rings is 1. The molecule has 0 radical (unpaired) electrons. The summed E-state index contributed by atoms with van der Waals surface area (Å²) in [7, 11) is -3.45. The van der Waals surface area contributed by atoms with Crippen molar-refractivity contribution in [2.45, 2.75) is 4.90 Å². The largest absolute Gasteiger partial charge is 0.224 e. The topological polar surface area (TPSA) is 114 Å². The fraction of sp³-hybridized carbons (Fsp3) is 0.0833. The van der Waals surface area contributed by atoms with Crippen molar-refractivity contribution in [3.8, 4) is 22.5 Å². The minimum absolute atomic E-state index is 0.137. The highest BCUT2D eigenvalue weighted by molar-refractivity contribution is 7.90. The summed E-state index contributed by atoms with van der Waals surface area (Å²) in [4.78, 5) is 0.137. The average molecular weight is 302 g/mol. The van der Waals surface area contributed by atoms with Crippen molar-refractivity contribution in [2.75, 3.05) is 6.26 Å². The fourth-order valence-electron chi connectivity index (χ4n) is 2.03. The van der Waals surface area contributed by atoms with Crippen LogP contribution in [0.1, 0.15) is 0 Å². The maximum absolute atomic E-state index is 12.0. The Hall–Kier alpha value is -2.68. The third kappa shape index (κ3) is 2.50. The molecular weight excluding hydrogens is 292 g/mol. The zero-order valence-electron chi connectivity index (χ0n) is 10.9. The molecule has 1 aromatic carbocycles. The quantitative estimate of drug-likeness (QED) is 0.758. The third-order valence-electron chi connectivity index (χ3n) is 2.89. The molecule has 0 fully saturated rings. The third-order valence-corrected chi connectivity index (χ3v) is 4.03. The number of H-pyrrole nitrogens is 1. The molecule has 21 heavy (non-hydrogen) atoms. The van der Waals surface area contributed by atoms with Crippen LogP contribution in [0.5, 0.6) is 0 Å². The predicted octanol–water partition coefficient (Wildman–Crippen LogP) is 0.727. The highest BCUT2D eigenvalue weighted by Gasteiger charge is 2.21. The lowest BCUT2D eigenvalue weighted by atomic mass is 10.0. The first-order chi connectivity index (χ1) is 10.1. The minimum Gasteiger partial charge on any atom is -0.224 e. The van der Waals surface area contributed by atoms with E-state index in [9.17, 15) is 8.42 Å². The van der Waals surface area contributed by atoms with Crippen molar-refractivity contribution >= 4 is 9.84 Å². The van der Waals surface area contributed by atoms with Gasteiger partial charge in [0.1, 0.15) is 0 Å². The number of aromatic amines is 1. The molecule has 2 aromatic heterocycles. The molecule has 0 amide bonds. The number of sulfone groups is 1. The van der Waals surface area contributed by atoms with Gasteiger partial charge in [-0.3, -0.25) is 0 Å². The second-order valence-electron chi connectivity index (χ2n) is 4.32. The predicted molar refractivity (Wildman–Crippen MR) is 73.7 cm³/mol. The standard InChI is InChI=1S/C12H10N6O2S/c1-21(19,20)10-4-2-3-9(8-5-6-13-14-7-8)11(10)12-15-17-18-16-12/h2-7H,1H3,(H,15,16,17,18). The molecule has 0 aliphatic carbocycles. The van der Waals surface area contributed by atoms with Gasteiger partial charge in [0, 0.05) is 17.4 Å². The highest BCUT2D eigenvalue weighted by atomic mass is 32.2. The van der Waals surface area contributed by atoms with Crippen molar-refractivity contribution < 1.29 is 8.42 Å². The van der Waals surface area contributed by atoms with Crippen LogP contribution in [-0.4, -0.2) is 45.5 Å². The van der Waals surface area contributed by atoms with E-state index in [2.05, 4.69) is 30.8 Å². The van der Waals surface area contributed by atoms with Gasteiger partial charge in [-0.25, -0.2) is 8.42 Å². The number of hydrogen-bond acceptors (Lipinski definition) is 7. The first-order valence-corrected chi connectivity index (χ1v) is 7.80. The number of benzene rings is 1. The van der Waals surface area contributed by atoms with Crippen LogP contribution >= 0.6 is 0 Å². The van der Waals surface area contributed by atoms with E-state index in [1.807, 2.05) is 0 Å². The van der Waals surface area contributed by atoms with Gasteiger partial charge in [0.15, 0.2) is 9.84 Å². The zero-order chi connectivity index (χ0) is 14.9. The van der Waals surface area contributed by atoms with Crippen molar-refractivity contribution in [1.29, 1.82) is 0 Å². The molecule has 0 saturated heterocycles. The van der Waals surface area contributed by atoms with Crippen LogP contribution in [0.2, 0.25) is 0 Å². The molecule has 0 aliphatic heterocycles. The van der Waals surface area contributed by atoms with E-state index in [0.717, 1.165) is 11.8 Å². The van der Waals surface area contributed by atoms with Gasteiger partial charge in [-0.2, -0.15) is 15.4 Å². The number of aromatic nitrogens is 6. The second kappa shape index (κ2) is 5.02. The summed E-state index contributed by atoms with van der Waals surface area (Å²) in [5, 5.41) is 21.2. The lowest BCUT2D eigenvalue weighted by Gasteiger charge is -2.10. The van der Waals surface area contributed by atoms with E-state index in [-0.39, 0.29) is 10.7 Å². The van der Waals surface area contributed by atoms with Crippen molar-refractivity contribution in [1.82, 2.24) is 30.8 Å². The van der Waals surface area contributed by atoms with Gasteiger partial charge in [0.2, 0.25) is 5.82 Å². The van der Waals surface area contributed by atoms with E-state index in [4.69, 9.17) is 0 Å². The SMILES string of the molecule is CS(=O)(=O)c1cccc(-c2ccnnc2)c1-c1nn[nH]n1. The van der Waals surface area contributed by atoms with Crippen LogP contribution in [0, 0.1) is 0 Å². The number of rotatable bonds is 3. The lowest BCUT2D eigenvalue weighted by Crippen LogP contribution is -2.02. The van der Waals surface area contributed by atoms with Crippen molar-refractivity contribution in [2.24, 2.45) is 0 Å². The van der Waals surface area contributed by atoms with Crippen LogP contribution in [0.4, 0.5) is 0 Å². The minimum atomic E-state index is -3.45. The van der Waals surface area contributed by atoms with E-state index >= 15 is 0 Å². The van der Waals surface area contributed by atoms with Gasteiger partial charge >= 0.3 is 0 Å². The first-order valence-electron chi connectivity index (χ1n) is 5.91. The van der Waals surface area contributed by atoms with Gasteiger partial charge in [0.05, 0.1) is 17.3 Å². The van der Waals surface area contributed by atoms with Crippen LogP contribution in [0.3, 0.4) is 0 Å².